The Morgan fingerprint density at radius 2 is 1.68 bits per heavy atom. The molecule has 2 unspecified atom stereocenters. The molecule has 2 bridgehead atoms. The van der Waals surface area contributed by atoms with Gasteiger partial charge in [-0.25, -0.2) is 0 Å². The molecule has 0 saturated carbocycles. The summed E-state index contributed by atoms with van der Waals surface area (Å²) in [4.78, 5) is 2.59. The first kappa shape index (κ1) is 12.8. The maximum Gasteiger partial charge on any atom is 0.119 e. The van der Waals surface area contributed by atoms with E-state index in [1.54, 1.807) is 0 Å². The van der Waals surface area contributed by atoms with Crippen molar-refractivity contribution in [3.05, 3.63) is 24.3 Å². The number of hydrogen-bond acceptors (Lipinski definition) is 3. The largest absolute Gasteiger partial charge is 0.491 e. The zero-order chi connectivity index (χ0) is 13.4. The van der Waals surface area contributed by atoms with Crippen LogP contribution in [0.25, 0.3) is 0 Å². The number of nitrogens with two attached hydrogens (primary N) is 1. The molecule has 19 heavy (non-hydrogen) atoms. The fraction of sp³-hybridized carbons (Fsp3) is 0.625. The molecule has 104 valence electrons. The Morgan fingerprint density at radius 1 is 1.11 bits per heavy atom. The number of rotatable bonds is 3. The number of benzene rings is 1. The van der Waals surface area contributed by atoms with Gasteiger partial charge in [-0.1, -0.05) is 0 Å². The summed E-state index contributed by atoms with van der Waals surface area (Å²) in [6.07, 6.45) is 5.10. The summed E-state index contributed by atoms with van der Waals surface area (Å²) < 4.78 is 5.70. The van der Waals surface area contributed by atoms with Gasteiger partial charge in [-0.3, -0.25) is 0 Å². The molecule has 2 saturated heterocycles. The molecule has 1 aromatic rings. The monoisotopic (exact) mass is 260 g/mol. The first-order valence-corrected chi connectivity index (χ1v) is 7.44. The molecule has 3 heteroatoms. The van der Waals surface area contributed by atoms with Gasteiger partial charge in [0, 0.05) is 23.8 Å². The third kappa shape index (κ3) is 2.57. The molecule has 2 fully saturated rings. The summed E-state index contributed by atoms with van der Waals surface area (Å²) >= 11 is 0. The minimum Gasteiger partial charge on any atom is -0.491 e. The van der Waals surface area contributed by atoms with Gasteiger partial charge in [0.2, 0.25) is 0 Å². The Kier molecular flexibility index (Phi) is 3.40. The van der Waals surface area contributed by atoms with Crippen LogP contribution in [-0.2, 0) is 0 Å². The molecule has 2 heterocycles. The number of ether oxygens (including phenoxy) is 1. The van der Waals surface area contributed by atoms with E-state index in [-0.39, 0.29) is 6.10 Å². The number of nitrogens with zero attached hydrogens (tertiary/aromatic N) is 1. The Balaban J connectivity index is 1.76. The second-order valence-electron chi connectivity index (χ2n) is 6.18. The van der Waals surface area contributed by atoms with Crippen molar-refractivity contribution in [1.29, 1.82) is 0 Å². The molecule has 2 atom stereocenters. The Bertz CT molecular complexity index is 415. The highest BCUT2D eigenvalue weighted by molar-refractivity contribution is 5.52. The number of piperidine rings is 1. The van der Waals surface area contributed by atoms with Crippen LogP contribution in [0.4, 0.5) is 5.69 Å². The summed E-state index contributed by atoms with van der Waals surface area (Å²) in [6.45, 7) is 4.11. The van der Waals surface area contributed by atoms with Crippen LogP contribution in [-0.4, -0.2) is 24.2 Å². The predicted molar refractivity (Wildman–Crippen MR) is 78.7 cm³/mol. The van der Waals surface area contributed by atoms with Gasteiger partial charge in [-0.15, -0.1) is 0 Å². The molecular weight excluding hydrogens is 236 g/mol. The summed E-state index contributed by atoms with van der Waals surface area (Å²) in [6, 6.07) is 10.3. The van der Waals surface area contributed by atoms with E-state index in [9.17, 15) is 0 Å². The molecule has 0 radical (unpaired) electrons. The van der Waals surface area contributed by atoms with E-state index >= 15 is 0 Å². The Morgan fingerprint density at radius 3 is 2.21 bits per heavy atom. The zero-order valence-corrected chi connectivity index (χ0v) is 11.9. The van der Waals surface area contributed by atoms with Crippen molar-refractivity contribution in [2.75, 3.05) is 4.90 Å². The molecule has 0 aliphatic carbocycles. The van der Waals surface area contributed by atoms with Gasteiger partial charge >= 0.3 is 0 Å². The normalized spacial score (nSPS) is 29.9. The molecule has 0 amide bonds. The van der Waals surface area contributed by atoms with Crippen LogP contribution in [0.3, 0.4) is 0 Å². The van der Waals surface area contributed by atoms with Crippen molar-refractivity contribution < 1.29 is 4.74 Å². The highest BCUT2D eigenvalue weighted by atomic mass is 16.5. The standard InChI is InChI=1S/C16H24N2O/c1-11(2)19-16-7-5-13(6-8-16)18-14-3-4-15(18)10-12(17)9-14/h5-8,11-12,14-15H,3-4,9-10,17H2,1-2H3. The number of hydrogen-bond donors (Lipinski definition) is 1. The van der Waals surface area contributed by atoms with Crippen LogP contribution >= 0.6 is 0 Å². The summed E-state index contributed by atoms with van der Waals surface area (Å²) in [5.74, 6) is 0.958. The third-order valence-corrected chi connectivity index (χ3v) is 4.28. The highest BCUT2D eigenvalue weighted by Crippen LogP contribution is 2.39. The van der Waals surface area contributed by atoms with Gasteiger partial charge in [0.25, 0.3) is 0 Å². The molecular formula is C16H24N2O. The highest BCUT2D eigenvalue weighted by Gasteiger charge is 2.39. The van der Waals surface area contributed by atoms with Crippen LogP contribution in [0.2, 0.25) is 0 Å². The van der Waals surface area contributed by atoms with Crippen LogP contribution in [0.15, 0.2) is 24.3 Å². The number of fused-ring (bicyclic) bond motifs is 2. The predicted octanol–water partition coefficient (Wildman–Crippen LogP) is 2.93. The molecule has 3 rings (SSSR count). The van der Waals surface area contributed by atoms with Gasteiger partial charge < -0.3 is 15.4 Å². The molecule has 1 aromatic carbocycles. The van der Waals surface area contributed by atoms with Crippen molar-refractivity contribution in [3.8, 4) is 5.75 Å². The van der Waals surface area contributed by atoms with E-state index < -0.39 is 0 Å². The van der Waals surface area contributed by atoms with Crippen LogP contribution in [0.1, 0.15) is 39.5 Å². The van der Waals surface area contributed by atoms with Crippen molar-refractivity contribution in [3.63, 3.8) is 0 Å². The number of anilines is 1. The van der Waals surface area contributed by atoms with Crippen LogP contribution in [0, 0.1) is 0 Å². The fourth-order valence-electron chi connectivity index (χ4n) is 3.61. The first-order valence-electron chi connectivity index (χ1n) is 7.44. The van der Waals surface area contributed by atoms with Crippen molar-refractivity contribution in [2.24, 2.45) is 5.73 Å². The van der Waals surface area contributed by atoms with Crippen molar-refractivity contribution >= 4 is 5.69 Å². The van der Waals surface area contributed by atoms with E-state index in [0.717, 1.165) is 18.6 Å². The van der Waals surface area contributed by atoms with Gasteiger partial charge in [-0.05, 0) is 63.8 Å². The van der Waals surface area contributed by atoms with Crippen LogP contribution in [0.5, 0.6) is 5.75 Å². The SMILES string of the molecule is CC(C)Oc1ccc(N2C3CCC2CC(N)C3)cc1. The minimum atomic E-state index is 0.231. The van der Waals surface area contributed by atoms with E-state index in [2.05, 4.69) is 43.0 Å². The molecule has 2 aliphatic heterocycles. The van der Waals surface area contributed by atoms with Crippen LogP contribution < -0.4 is 15.4 Å². The van der Waals surface area contributed by atoms with E-state index in [4.69, 9.17) is 10.5 Å². The average molecular weight is 260 g/mol. The third-order valence-electron chi connectivity index (χ3n) is 4.28. The lowest BCUT2D eigenvalue weighted by atomic mass is 9.97. The molecule has 0 aromatic heterocycles. The van der Waals surface area contributed by atoms with E-state index in [0.29, 0.717) is 18.1 Å². The topological polar surface area (TPSA) is 38.5 Å². The van der Waals surface area contributed by atoms with E-state index in [1.165, 1.54) is 18.5 Å². The lowest BCUT2D eigenvalue weighted by Gasteiger charge is -2.39. The molecule has 3 nitrogen and oxygen atoms in total. The smallest absolute Gasteiger partial charge is 0.119 e. The summed E-state index contributed by atoms with van der Waals surface area (Å²) in [5.41, 5.74) is 7.46. The van der Waals surface area contributed by atoms with Gasteiger partial charge in [0.05, 0.1) is 6.10 Å². The van der Waals surface area contributed by atoms with Gasteiger partial charge in [-0.2, -0.15) is 0 Å². The van der Waals surface area contributed by atoms with Crippen molar-refractivity contribution in [1.82, 2.24) is 0 Å². The quantitative estimate of drug-likeness (QED) is 0.908. The Labute approximate surface area is 115 Å². The summed E-state index contributed by atoms with van der Waals surface area (Å²) in [7, 11) is 0. The minimum absolute atomic E-state index is 0.231. The maximum atomic E-state index is 6.13. The lowest BCUT2D eigenvalue weighted by molar-refractivity contribution is 0.242. The van der Waals surface area contributed by atoms with Gasteiger partial charge in [0.15, 0.2) is 0 Å². The Hall–Kier alpha value is -1.22. The lowest BCUT2D eigenvalue weighted by Crippen LogP contribution is -2.47. The average Bonchev–Trinajstić information content (AvgIpc) is 2.63. The summed E-state index contributed by atoms with van der Waals surface area (Å²) in [5, 5.41) is 0. The zero-order valence-electron chi connectivity index (χ0n) is 11.9. The van der Waals surface area contributed by atoms with Gasteiger partial charge in [0.1, 0.15) is 5.75 Å². The molecule has 0 spiro atoms. The fourth-order valence-corrected chi connectivity index (χ4v) is 3.61. The second kappa shape index (κ2) is 5.04. The van der Waals surface area contributed by atoms with Crippen molar-refractivity contribution in [2.45, 2.75) is 63.8 Å². The van der Waals surface area contributed by atoms with E-state index in [1.807, 2.05) is 0 Å². The maximum absolute atomic E-state index is 6.13. The molecule has 2 aliphatic rings. The first-order chi connectivity index (χ1) is 9.13. The molecule has 2 N–H and O–H groups in total. The second-order valence-corrected chi connectivity index (χ2v) is 6.18.